The van der Waals surface area contributed by atoms with Crippen LogP contribution in [0, 0.1) is 6.92 Å². The molecule has 5 rings (SSSR count). The minimum Gasteiger partial charge on any atom is -0.507 e. The number of piperidine rings is 1. The molecular formula is C35H41N5O6. The summed E-state index contributed by atoms with van der Waals surface area (Å²) in [7, 11) is 1.83. The lowest BCUT2D eigenvalue weighted by Gasteiger charge is -2.37. The number of carbonyl (C=O) groups is 3. The van der Waals surface area contributed by atoms with Crippen LogP contribution in [0.25, 0.3) is 22.4 Å². The lowest BCUT2D eigenvalue weighted by Crippen LogP contribution is -2.57. The van der Waals surface area contributed by atoms with Gasteiger partial charge in [0, 0.05) is 43.0 Å². The summed E-state index contributed by atoms with van der Waals surface area (Å²) in [6, 6.07) is 14.5. The molecule has 1 unspecified atom stereocenters. The van der Waals surface area contributed by atoms with Crippen molar-refractivity contribution in [2.75, 3.05) is 11.9 Å². The minimum atomic E-state index is -0.977. The Hall–Kier alpha value is -5.06. The summed E-state index contributed by atoms with van der Waals surface area (Å²) in [6.07, 6.45) is 4.83. The number of furan rings is 1. The average Bonchev–Trinajstić information content (AvgIpc) is 3.66. The minimum absolute atomic E-state index is 0.119. The topological polar surface area (TPSA) is 139 Å². The van der Waals surface area contributed by atoms with Crippen LogP contribution in [-0.2, 0) is 27.8 Å². The van der Waals surface area contributed by atoms with Gasteiger partial charge in [0.2, 0.25) is 11.8 Å². The first-order chi connectivity index (χ1) is 21.9. The van der Waals surface area contributed by atoms with Crippen molar-refractivity contribution in [1.82, 2.24) is 20.0 Å². The number of amides is 3. The molecule has 3 amide bonds. The molecule has 11 nitrogen and oxygen atoms in total. The lowest BCUT2D eigenvalue weighted by molar-refractivity contribution is -0.142. The number of anilines is 1. The fourth-order valence-corrected chi connectivity index (χ4v) is 5.64. The number of rotatable bonds is 8. The Labute approximate surface area is 268 Å². The van der Waals surface area contributed by atoms with Crippen LogP contribution in [-0.4, -0.2) is 61.9 Å². The van der Waals surface area contributed by atoms with Gasteiger partial charge >= 0.3 is 6.09 Å². The molecule has 2 aromatic carbocycles. The molecule has 0 aliphatic carbocycles. The summed E-state index contributed by atoms with van der Waals surface area (Å²) in [5.41, 5.74) is 3.84. The van der Waals surface area contributed by atoms with Gasteiger partial charge in [0.05, 0.1) is 6.26 Å². The van der Waals surface area contributed by atoms with Gasteiger partial charge < -0.3 is 29.8 Å². The van der Waals surface area contributed by atoms with E-state index < -0.39 is 23.8 Å². The molecule has 0 radical (unpaired) electrons. The molecule has 46 heavy (non-hydrogen) atoms. The number of nitrogens with zero attached hydrogens (tertiary/aromatic N) is 3. The number of nitrogens with one attached hydrogen (secondary N) is 2. The fourth-order valence-electron chi connectivity index (χ4n) is 5.64. The highest BCUT2D eigenvalue weighted by molar-refractivity contribution is 5.98. The molecule has 242 valence electrons. The van der Waals surface area contributed by atoms with Crippen LogP contribution in [0.1, 0.15) is 51.4 Å². The van der Waals surface area contributed by atoms with Crippen LogP contribution in [0.4, 0.5) is 10.5 Å². The second kappa shape index (κ2) is 13.5. The Kier molecular flexibility index (Phi) is 9.50. The molecule has 1 aliphatic heterocycles. The summed E-state index contributed by atoms with van der Waals surface area (Å²) in [4.78, 5) is 41.7. The van der Waals surface area contributed by atoms with Gasteiger partial charge in [-0.3, -0.25) is 14.3 Å². The third kappa shape index (κ3) is 7.77. The number of phenols is 1. The quantitative estimate of drug-likeness (QED) is 0.224. The van der Waals surface area contributed by atoms with Crippen molar-refractivity contribution in [3.63, 3.8) is 0 Å². The highest BCUT2D eigenvalue weighted by atomic mass is 16.6. The number of benzene rings is 2. The zero-order valence-corrected chi connectivity index (χ0v) is 26.9. The maximum absolute atomic E-state index is 13.9. The molecule has 4 aromatic rings. The zero-order chi connectivity index (χ0) is 33.0. The number of hydrogen-bond acceptors (Lipinski definition) is 7. The van der Waals surface area contributed by atoms with Crippen LogP contribution >= 0.6 is 0 Å². The van der Waals surface area contributed by atoms with Gasteiger partial charge in [-0.2, -0.15) is 5.10 Å². The van der Waals surface area contributed by atoms with E-state index in [-0.39, 0.29) is 24.0 Å². The highest BCUT2D eigenvalue weighted by Gasteiger charge is 2.37. The monoisotopic (exact) mass is 627 g/mol. The molecule has 2 aromatic heterocycles. The van der Waals surface area contributed by atoms with Gasteiger partial charge in [0.1, 0.15) is 34.9 Å². The van der Waals surface area contributed by atoms with Gasteiger partial charge in [-0.1, -0.05) is 23.8 Å². The van der Waals surface area contributed by atoms with Crippen molar-refractivity contribution in [1.29, 1.82) is 0 Å². The van der Waals surface area contributed by atoms with E-state index in [1.54, 1.807) is 60.7 Å². The molecule has 1 aliphatic rings. The Morgan fingerprint density at radius 2 is 1.85 bits per heavy atom. The van der Waals surface area contributed by atoms with E-state index in [0.717, 1.165) is 29.5 Å². The second-order valence-electron chi connectivity index (χ2n) is 12.7. The summed E-state index contributed by atoms with van der Waals surface area (Å²) >= 11 is 0. The largest absolute Gasteiger partial charge is 0.507 e. The van der Waals surface area contributed by atoms with E-state index in [0.29, 0.717) is 35.7 Å². The van der Waals surface area contributed by atoms with E-state index >= 15 is 0 Å². The SMILES string of the molecule is Cc1ccc(O)c(-c2nn(C)cc2-c2ccc(NC(=O)C3CCCCN3C(=O)[C@H](Cc3ccco3)NC(=O)OC(C)(C)C)cc2)c1. The molecule has 0 spiro atoms. The van der Waals surface area contributed by atoms with Crippen molar-refractivity contribution in [3.8, 4) is 28.1 Å². The lowest BCUT2D eigenvalue weighted by atomic mass is 9.98. The normalized spacial score (nSPS) is 15.7. The molecule has 0 bridgehead atoms. The Morgan fingerprint density at radius 3 is 2.54 bits per heavy atom. The second-order valence-corrected chi connectivity index (χ2v) is 12.7. The highest BCUT2D eigenvalue weighted by Crippen LogP contribution is 2.36. The van der Waals surface area contributed by atoms with Crippen molar-refractivity contribution in [2.24, 2.45) is 7.05 Å². The first kappa shape index (κ1) is 32.3. The standard InChI is InChI=1S/C35H41N5O6/c1-22-11-16-30(41)26(19-22)31-27(21-39(5)38-31)23-12-14-24(15-13-23)36-32(42)29-10-6-7-17-40(29)33(43)28(20-25-9-8-18-45-25)37-34(44)46-35(2,3)4/h8-9,11-16,18-19,21,28-29,41H,6-7,10,17,20H2,1-5H3,(H,36,42)(H,37,44)/t28-,29?/m0/s1. The van der Waals surface area contributed by atoms with Crippen LogP contribution in [0.2, 0.25) is 0 Å². The smallest absolute Gasteiger partial charge is 0.408 e. The van der Waals surface area contributed by atoms with E-state index in [1.807, 2.05) is 44.4 Å². The molecular weight excluding hydrogens is 586 g/mol. The molecule has 1 fully saturated rings. The van der Waals surface area contributed by atoms with Crippen molar-refractivity contribution < 1.29 is 28.6 Å². The average molecular weight is 628 g/mol. The van der Waals surface area contributed by atoms with Crippen molar-refractivity contribution in [2.45, 2.75) is 71.1 Å². The van der Waals surface area contributed by atoms with E-state index in [2.05, 4.69) is 15.7 Å². The van der Waals surface area contributed by atoms with E-state index in [9.17, 15) is 19.5 Å². The number of aryl methyl sites for hydroxylation is 2. The summed E-state index contributed by atoms with van der Waals surface area (Å²) in [6.45, 7) is 7.59. The van der Waals surface area contributed by atoms with E-state index in [4.69, 9.17) is 9.15 Å². The first-order valence-electron chi connectivity index (χ1n) is 15.5. The van der Waals surface area contributed by atoms with Crippen molar-refractivity contribution in [3.05, 3.63) is 78.4 Å². The van der Waals surface area contributed by atoms with Gasteiger partial charge in [-0.25, -0.2) is 4.79 Å². The Morgan fingerprint density at radius 1 is 1.09 bits per heavy atom. The first-order valence-corrected chi connectivity index (χ1v) is 15.5. The maximum Gasteiger partial charge on any atom is 0.408 e. The molecule has 11 heteroatoms. The number of aromatic nitrogens is 2. The van der Waals surface area contributed by atoms with Crippen molar-refractivity contribution >= 4 is 23.6 Å². The molecule has 0 saturated carbocycles. The van der Waals surface area contributed by atoms with Crippen LogP contribution in [0.5, 0.6) is 5.75 Å². The third-order valence-electron chi connectivity index (χ3n) is 7.76. The van der Waals surface area contributed by atoms with E-state index in [1.165, 1.54) is 6.26 Å². The number of alkyl carbamates (subject to hydrolysis) is 1. The number of phenolic OH excluding ortho intramolecular Hbond substituents is 1. The van der Waals surface area contributed by atoms with Gasteiger partial charge in [-0.15, -0.1) is 0 Å². The number of ether oxygens (including phenoxy) is 1. The number of carbonyl (C=O) groups excluding carboxylic acids is 3. The predicted molar refractivity (Wildman–Crippen MR) is 174 cm³/mol. The summed E-state index contributed by atoms with van der Waals surface area (Å²) in [5.74, 6) is -0.00173. The zero-order valence-electron chi connectivity index (χ0n) is 26.9. The summed E-state index contributed by atoms with van der Waals surface area (Å²) < 4.78 is 12.6. The Balaban J connectivity index is 1.32. The number of hydrogen-bond donors (Lipinski definition) is 3. The van der Waals surface area contributed by atoms with Gasteiger partial charge in [0.15, 0.2) is 0 Å². The predicted octanol–water partition coefficient (Wildman–Crippen LogP) is 5.82. The molecule has 1 saturated heterocycles. The van der Waals surface area contributed by atoms with Crippen LogP contribution < -0.4 is 10.6 Å². The van der Waals surface area contributed by atoms with Crippen LogP contribution in [0.15, 0.2) is 71.5 Å². The van der Waals surface area contributed by atoms with Gasteiger partial charge in [0.25, 0.3) is 0 Å². The summed E-state index contributed by atoms with van der Waals surface area (Å²) in [5, 5.41) is 20.8. The number of likely N-dealkylation sites (tertiary alicyclic amines) is 1. The molecule has 3 heterocycles. The molecule has 2 atom stereocenters. The Bertz CT molecular complexity index is 1690. The van der Waals surface area contributed by atoms with Crippen LogP contribution in [0.3, 0.4) is 0 Å². The maximum atomic E-state index is 13.9. The fraction of sp³-hybridized carbons (Fsp3) is 0.371. The van der Waals surface area contributed by atoms with Gasteiger partial charge in [-0.05, 0) is 88.9 Å². The third-order valence-corrected chi connectivity index (χ3v) is 7.76. The number of aromatic hydroxyl groups is 1. The molecule has 3 N–H and O–H groups in total.